The van der Waals surface area contributed by atoms with Gasteiger partial charge in [0.05, 0.1) is 16.0 Å². The van der Waals surface area contributed by atoms with Gasteiger partial charge in [-0.1, -0.05) is 13.3 Å². The molecule has 1 aliphatic heterocycles. The molecular formula is C12H15F2NOS. The molecule has 3 unspecified atom stereocenters. The fraction of sp³-hybridized carbons (Fsp3) is 0.500. The lowest BCUT2D eigenvalue weighted by atomic mass is 10.0. The first-order valence-electron chi connectivity index (χ1n) is 5.67. The van der Waals surface area contributed by atoms with E-state index in [2.05, 4.69) is 5.32 Å². The maximum Gasteiger partial charge on any atom is 0.160 e. The second-order valence-corrected chi connectivity index (χ2v) is 5.84. The van der Waals surface area contributed by atoms with Gasteiger partial charge in [0, 0.05) is 10.9 Å². The Morgan fingerprint density at radius 3 is 2.59 bits per heavy atom. The van der Waals surface area contributed by atoms with Crippen molar-refractivity contribution in [1.29, 1.82) is 0 Å². The van der Waals surface area contributed by atoms with Crippen molar-refractivity contribution in [1.82, 2.24) is 5.32 Å². The molecule has 0 fully saturated rings. The molecule has 0 saturated carbocycles. The van der Waals surface area contributed by atoms with Gasteiger partial charge in [0.1, 0.15) is 0 Å². The average molecular weight is 259 g/mol. The predicted octanol–water partition coefficient (Wildman–Crippen LogP) is 2.52. The van der Waals surface area contributed by atoms with Gasteiger partial charge in [-0.05, 0) is 31.2 Å². The lowest BCUT2D eigenvalue weighted by Gasteiger charge is -2.17. The minimum absolute atomic E-state index is 0.0961. The summed E-state index contributed by atoms with van der Waals surface area (Å²) in [6, 6.07) is 2.08. The summed E-state index contributed by atoms with van der Waals surface area (Å²) in [5.41, 5.74) is 0.628. The molecule has 0 aromatic heterocycles. The highest BCUT2D eigenvalue weighted by molar-refractivity contribution is 7.86. The lowest BCUT2D eigenvalue weighted by Crippen LogP contribution is -2.26. The summed E-state index contributed by atoms with van der Waals surface area (Å²) in [7, 11) is 0.498. The lowest BCUT2D eigenvalue weighted by molar-refractivity contribution is 0.494. The molecule has 1 aromatic rings. The third-order valence-corrected chi connectivity index (χ3v) is 4.98. The predicted molar refractivity (Wildman–Crippen MR) is 63.3 cm³/mol. The van der Waals surface area contributed by atoms with Gasteiger partial charge in [-0.25, -0.2) is 8.78 Å². The molecule has 5 heteroatoms. The third-order valence-electron chi connectivity index (χ3n) is 3.14. The van der Waals surface area contributed by atoms with Crippen LogP contribution in [0.4, 0.5) is 8.78 Å². The summed E-state index contributed by atoms with van der Waals surface area (Å²) < 4.78 is 38.6. The minimum atomic E-state index is -1.25. The molecule has 0 radical (unpaired) electrons. The Bertz CT molecular complexity index is 464. The van der Waals surface area contributed by atoms with Gasteiger partial charge >= 0.3 is 0 Å². The Morgan fingerprint density at radius 2 is 2.00 bits per heavy atom. The molecule has 0 bridgehead atoms. The highest BCUT2D eigenvalue weighted by atomic mass is 32.2. The largest absolute Gasteiger partial charge is 0.312 e. The fourth-order valence-electron chi connectivity index (χ4n) is 2.35. The Hall–Kier alpha value is -0.810. The van der Waals surface area contributed by atoms with Crippen molar-refractivity contribution in [2.45, 2.75) is 36.0 Å². The first-order valence-corrected chi connectivity index (χ1v) is 6.88. The van der Waals surface area contributed by atoms with Gasteiger partial charge in [0.15, 0.2) is 11.6 Å². The van der Waals surface area contributed by atoms with Crippen molar-refractivity contribution in [2.24, 2.45) is 0 Å². The minimum Gasteiger partial charge on any atom is -0.312 e. The molecule has 1 aliphatic rings. The highest BCUT2D eigenvalue weighted by Crippen LogP contribution is 2.39. The number of benzene rings is 1. The van der Waals surface area contributed by atoms with E-state index in [0.717, 1.165) is 18.9 Å². The standard InChI is InChI=1S/C12H15F2NOS/c1-3-4-10-12(15-2)7-5-8(13)9(14)6-11(7)17(10)16/h5-6,10,12,15H,3-4H2,1-2H3. The van der Waals surface area contributed by atoms with E-state index in [-0.39, 0.29) is 11.3 Å². The van der Waals surface area contributed by atoms with Gasteiger partial charge in [-0.3, -0.25) is 4.21 Å². The summed E-state index contributed by atoms with van der Waals surface area (Å²) in [5.74, 6) is -1.80. The first kappa shape index (κ1) is 12.6. The molecule has 0 saturated heterocycles. The molecule has 0 aliphatic carbocycles. The average Bonchev–Trinajstić information content (AvgIpc) is 2.54. The molecule has 0 amide bonds. The van der Waals surface area contributed by atoms with Crippen LogP contribution in [0.15, 0.2) is 17.0 Å². The summed E-state index contributed by atoms with van der Waals surface area (Å²) >= 11 is 0. The Morgan fingerprint density at radius 1 is 1.35 bits per heavy atom. The van der Waals surface area contributed by atoms with Crippen LogP contribution in [0.1, 0.15) is 31.4 Å². The van der Waals surface area contributed by atoms with Gasteiger partial charge in [-0.2, -0.15) is 0 Å². The van der Waals surface area contributed by atoms with Crippen LogP contribution in [0.25, 0.3) is 0 Å². The Balaban J connectivity index is 2.49. The van der Waals surface area contributed by atoms with E-state index in [9.17, 15) is 13.0 Å². The monoisotopic (exact) mass is 259 g/mol. The van der Waals surface area contributed by atoms with E-state index in [1.165, 1.54) is 6.07 Å². The molecular weight excluding hydrogens is 244 g/mol. The van der Waals surface area contributed by atoms with Crippen LogP contribution in [0, 0.1) is 11.6 Å². The van der Waals surface area contributed by atoms with Crippen molar-refractivity contribution in [3.05, 3.63) is 29.3 Å². The van der Waals surface area contributed by atoms with Gasteiger partial charge in [-0.15, -0.1) is 0 Å². The van der Waals surface area contributed by atoms with Crippen LogP contribution in [-0.2, 0) is 10.8 Å². The second-order valence-electron chi connectivity index (χ2n) is 4.20. The topological polar surface area (TPSA) is 29.1 Å². The van der Waals surface area contributed by atoms with Crippen LogP contribution < -0.4 is 5.32 Å². The van der Waals surface area contributed by atoms with Crippen molar-refractivity contribution in [2.75, 3.05) is 7.05 Å². The summed E-state index contributed by atoms with van der Waals surface area (Å²) in [4.78, 5) is 0.432. The van der Waals surface area contributed by atoms with Gasteiger partial charge < -0.3 is 5.32 Å². The van der Waals surface area contributed by atoms with E-state index in [0.29, 0.717) is 10.5 Å². The zero-order chi connectivity index (χ0) is 12.6. The number of halogens is 2. The number of rotatable bonds is 3. The number of nitrogens with one attached hydrogen (secondary N) is 1. The number of fused-ring (bicyclic) bond motifs is 1. The van der Waals surface area contributed by atoms with Crippen molar-refractivity contribution in [3.63, 3.8) is 0 Å². The Kier molecular flexibility index (Phi) is 3.58. The smallest absolute Gasteiger partial charge is 0.160 e. The highest BCUT2D eigenvalue weighted by Gasteiger charge is 2.38. The van der Waals surface area contributed by atoms with E-state index in [4.69, 9.17) is 0 Å². The van der Waals surface area contributed by atoms with Crippen molar-refractivity contribution < 1.29 is 13.0 Å². The quantitative estimate of drug-likeness (QED) is 0.903. The zero-order valence-electron chi connectivity index (χ0n) is 9.80. The van der Waals surface area contributed by atoms with E-state index >= 15 is 0 Å². The number of hydrogen-bond donors (Lipinski definition) is 1. The molecule has 1 heterocycles. The molecule has 3 atom stereocenters. The maximum atomic E-state index is 13.2. The molecule has 1 aromatic carbocycles. The van der Waals surface area contributed by atoms with E-state index in [1.54, 1.807) is 7.05 Å². The molecule has 2 nitrogen and oxygen atoms in total. The SMILES string of the molecule is CCCC1C(NC)c2cc(F)c(F)cc2S1=O. The third kappa shape index (κ3) is 2.02. The maximum absolute atomic E-state index is 13.2. The fourth-order valence-corrected chi connectivity index (χ4v) is 4.29. The zero-order valence-corrected chi connectivity index (χ0v) is 10.6. The van der Waals surface area contributed by atoms with E-state index in [1.807, 2.05) is 6.92 Å². The van der Waals surface area contributed by atoms with Crippen LogP contribution in [0.2, 0.25) is 0 Å². The number of hydrogen-bond acceptors (Lipinski definition) is 2. The summed E-state index contributed by atoms with van der Waals surface area (Å²) in [5, 5.41) is 2.95. The summed E-state index contributed by atoms with van der Waals surface area (Å²) in [6.45, 7) is 2.01. The summed E-state index contributed by atoms with van der Waals surface area (Å²) in [6.07, 6.45) is 1.67. The van der Waals surface area contributed by atoms with Crippen molar-refractivity contribution in [3.8, 4) is 0 Å². The molecule has 1 N–H and O–H groups in total. The van der Waals surface area contributed by atoms with Crippen LogP contribution in [0.3, 0.4) is 0 Å². The first-order chi connectivity index (χ1) is 8.10. The molecule has 94 valence electrons. The molecule has 17 heavy (non-hydrogen) atoms. The van der Waals surface area contributed by atoms with Crippen LogP contribution >= 0.6 is 0 Å². The van der Waals surface area contributed by atoms with Crippen molar-refractivity contribution >= 4 is 10.8 Å². The van der Waals surface area contributed by atoms with E-state index < -0.39 is 22.4 Å². The van der Waals surface area contributed by atoms with Crippen LogP contribution in [-0.4, -0.2) is 16.5 Å². The normalized spacial score (nSPS) is 27.2. The Labute approximate surface area is 102 Å². The second kappa shape index (κ2) is 4.82. The van der Waals surface area contributed by atoms with Gasteiger partial charge in [0.2, 0.25) is 0 Å². The molecule has 0 spiro atoms. The van der Waals surface area contributed by atoms with Gasteiger partial charge in [0.25, 0.3) is 0 Å². The van der Waals surface area contributed by atoms with Crippen LogP contribution in [0.5, 0.6) is 0 Å². The molecule has 2 rings (SSSR count).